The van der Waals surface area contributed by atoms with E-state index in [0.717, 1.165) is 44.4 Å². The summed E-state index contributed by atoms with van der Waals surface area (Å²) in [7, 11) is 0. The summed E-state index contributed by atoms with van der Waals surface area (Å²) in [6.45, 7) is 3.09. The van der Waals surface area contributed by atoms with E-state index in [-0.39, 0.29) is 35.3 Å². The largest absolute Gasteiger partial charge is 0.416 e. The third-order valence-electron chi connectivity index (χ3n) is 6.67. The Morgan fingerprint density at radius 2 is 1.67 bits per heavy atom. The van der Waals surface area contributed by atoms with Crippen LogP contribution in [0.2, 0.25) is 0 Å². The van der Waals surface area contributed by atoms with E-state index in [9.17, 15) is 22.8 Å². The number of fused-ring (bicyclic) bond motifs is 1. The predicted octanol–water partition coefficient (Wildman–Crippen LogP) is 3.59. The van der Waals surface area contributed by atoms with Crippen molar-refractivity contribution in [2.75, 3.05) is 32.8 Å². The minimum absolute atomic E-state index is 0.0318. The van der Waals surface area contributed by atoms with Crippen molar-refractivity contribution in [2.45, 2.75) is 44.3 Å². The number of hydrogen-bond acceptors (Lipinski definition) is 3. The molecule has 0 saturated carbocycles. The minimum Gasteiger partial charge on any atom is -0.381 e. The molecule has 0 spiro atoms. The van der Waals surface area contributed by atoms with Crippen LogP contribution in [-0.2, 0) is 15.7 Å². The number of alkyl halides is 3. The van der Waals surface area contributed by atoms with Gasteiger partial charge in [0, 0.05) is 50.4 Å². The Bertz CT molecular complexity index is 775. The Kier molecular flexibility index (Phi) is 6.04. The molecule has 3 aliphatic heterocycles. The second-order valence-corrected chi connectivity index (χ2v) is 8.50. The summed E-state index contributed by atoms with van der Waals surface area (Å²) < 4.78 is 43.7. The molecule has 1 aromatic rings. The minimum atomic E-state index is -4.41. The van der Waals surface area contributed by atoms with Crippen molar-refractivity contribution in [3.05, 3.63) is 35.4 Å². The van der Waals surface area contributed by atoms with E-state index in [2.05, 4.69) is 0 Å². The van der Waals surface area contributed by atoms with Crippen molar-refractivity contribution in [3.63, 3.8) is 0 Å². The fourth-order valence-electron chi connectivity index (χ4n) is 5.02. The summed E-state index contributed by atoms with van der Waals surface area (Å²) in [4.78, 5) is 29.7. The van der Waals surface area contributed by atoms with Crippen molar-refractivity contribution < 1.29 is 27.5 Å². The molecule has 3 saturated heterocycles. The predicted molar refractivity (Wildman–Crippen MR) is 104 cm³/mol. The van der Waals surface area contributed by atoms with E-state index < -0.39 is 11.7 Å². The number of amides is 2. The zero-order valence-corrected chi connectivity index (χ0v) is 16.9. The molecule has 5 nitrogen and oxygen atoms in total. The quantitative estimate of drug-likeness (QED) is 0.729. The van der Waals surface area contributed by atoms with Crippen LogP contribution in [0.1, 0.15) is 48.0 Å². The summed E-state index contributed by atoms with van der Waals surface area (Å²) in [6.07, 6.45) is -0.289. The van der Waals surface area contributed by atoms with Gasteiger partial charge in [-0.25, -0.2) is 0 Å². The van der Waals surface area contributed by atoms with Crippen LogP contribution in [0, 0.1) is 11.8 Å². The molecule has 3 aliphatic rings. The zero-order chi connectivity index (χ0) is 21.3. The van der Waals surface area contributed by atoms with Gasteiger partial charge in [-0.05, 0) is 62.3 Å². The smallest absolute Gasteiger partial charge is 0.381 e. The SMILES string of the molecule is O=C(c1ccc(C(F)(F)F)cc1)N1CC[C@H]2[C@H](CCCN2C(=O)C2CCOCC2)C1. The van der Waals surface area contributed by atoms with Crippen molar-refractivity contribution >= 4 is 11.8 Å². The first-order chi connectivity index (χ1) is 14.3. The molecule has 2 amide bonds. The molecule has 2 atom stereocenters. The molecule has 1 aromatic carbocycles. The number of rotatable bonds is 2. The van der Waals surface area contributed by atoms with Gasteiger partial charge in [0.25, 0.3) is 5.91 Å². The molecular weight excluding hydrogens is 397 g/mol. The molecule has 3 heterocycles. The number of benzene rings is 1. The average Bonchev–Trinajstić information content (AvgIpc) is 2.77. The Morgan fingerprint density at radius 1 is 0.967 bits per heavy atom. The van der Waals surface area contributed by atoms with Crippen molar-refractivity contribution in [1.29, 1.82) is 0 Å². The number of nitrogens with zero attached hydrogens (tertiary/aromatic N) is 2. The van der Waals surface area contributed by atoms with Crippen LogP contribution in [0.25, 0.3) is 0 Å². The molecule has 0 unspecified atom stereocenters. The highest BCUT2D eigenvalue weighted by Gasteiger charge is 2.41. The lowest BCUT2D eigenvalue weighted by molar-refractivity contribution is -0.145. The van der Waals surface area contributed by atoms with Gasteiger partial charge in [0.1, 0.15) is 0 Å². The van der Waals surface area contributed by atoms with Gasteiger partial charge in [-0.15, -0.1) is 0 Å². The average molecular weight is 424 g/mol. The highest BCUT2D eigenvalue weighted by atomic mass is 19.4. The van der Waals surface area contributed by atoms with Crippen molar-refractivity contribution in [3.8, 4) is 0 Å². The normalized spacial score (nSPS) is 25.7. The van der Waals surface area contributed by atoms with Crippen LogP contribution in [0.15, 0.2) is 24.3 Å². The second kappa shape index (κ2) is 8.57. The highest BCUT2D eigenvalue weighted by Crippen LogP contribution is 2.34. The first-order valence-electron chi connectivity index (χ1n) is 10.7. The van der Waals surface area contributed by atoms with E-state index in [1.165, 1.54) is 12.1 Å². The number of halogens is 3. The zero-order valence-electron chi connectivity index (χ0n) is 16.9. The summed E-state index contributed by atoms with van der Waals surface area (Å²) in [5.41, 5.74) is -0.486. The van der Waals surface area contributed by atoms with Crippen molar-refractivity contribution in [2.24, 2.45) is 11.8 Å². The van der Waals surface area contributed by atoms with E-state index in [1.807, 2.05) is 4.90 Å². The molecule has 30 heavy (non-hydrogen) atoms. The number of hydrogen-bond donors (Lipinski definition) is 0. The molecule has 164 valence electrons. The van der Waals surface area contributed by atoms with E-state index >= 15 is 0 Å². The molecule has 0 N–H and O–H groups in total. The molecule has 0 radical (unpaired) electrons. The van der Waals surface area contributed by atoms with Crippen LogP contribution in [-0.4, -0.2) is 60.5 Å². The molecule has 0 bridgehead atoms. The van der Waals surface area contributed by atoms with Gasteiger partial charge >= 0.3 is 6.18 Å². The fraction of sp³-hybridized carbons (Fsp3) is 0.636. The number of piperidine rings is 2. The summed E-state index contributed by atoms with van der Waals surface area (Å²) in [6, 6.07) is 4.55. The van der Waals surface area contributed by atoms with E-state index in [0.29, 0.717) is 32.7 Å². The highest BCUT2D eigenvalue weighted by molar-refractivity contribution is 5.94. The molecule has 8 heteroatoms. The molecule has 0 aliphatic carbocycles. The van der Waals surface area contributed by atoms with Gasteiger partial charge in [-0.1, -0.05) is 0 Å². The van der Waals surface area contributed by atoms with Gasteiger partial charge in [-0.2, -0.15) is 13.2 Å². The van der Waals surface area contributed by atoms with Gasteiger partial charge in [-0.3, -0.25) is 9.59 Å². The maximum Gasteiger partial charge on any atom is 0.416 e. The summed E-state index contributed by atoms with van der Waals surface area (Å²) in [5, 5.41) is 0. The molecular formula is C22H27F3N2O3. The van der Waals surface area contributed by atoms with Crippen LogP contribution in [0.3, 0.4) is 0 Å². The Balaban J connectivity index is 1.40. The van der Waals surface area contributed by atoms with E-state index in [4.69, 9.17) is 4.74 Å². The Morgan fingerprint density at radius 3 is 2.33 bits per heavy atom. The fourth-order valence-corrected chi connectivity index (χ4v) is 5.02. The monoisotopic (exact) mass is 424 g/mol. The third-order valence-corrected chi connectivity index (χ3v) is 6.67. The molecule has 4 rings (SSSR count). The molecule has 3 fully saturated rings. The van der Waals surface area contributed by atoms with Gasteiger partial charge in [0.05, 0.1) is 5.56 Å². The Hall–Kier alpha value is -2.09. The van der Waals surface area contributed by atoms with Gasteiger partial charge in [0.15, 0.2) is 0 Å². The van der Waals surface area contributed by atoms with Crippen molar-refractivity contribution in [1.82, 2.24) is 9.80 Å². The number of carbonyl (C=O) groups excluding carboxylic acids is 2. The van der Waals surface area contributed by atoms with Crippen LogP contribution in [0.5, 0.6) is 0 Å². The lowest BCUT2D eigenvalue weighted by atomic mass is 9.82. The Labute approximate surface area is 174 Å². The maximum atomic E-state index is 13.1. The number of likely N-dealkylation sites (tertiary alicyclic amines) is 2. The number of ether oxygens (including phenoxy) is 1. The first-order valence-corrected chi connectivity index (χ1v) is 10.7. The topological polar surface area (TPSA) is 49.9 Å². The van der Waals surface area contributed by atoms with Gasteiger partial charge in [0.2, 0.25) is 5.91 Å². The van der Waals surface area contributed by atoms with Crippen LogP contribution < -0.4 is 0 Å². The van der Waals surface area contributed by atoms with Gasteiger partial charge < -0.3 is 14.5 Å². The first kappa shape index (κ1) is 21.2. The summed E-state index contributed by atoms with van der Waals surface area (Å²) in [5.74, 6) is 0.226. The molecule has 0 aromatic heterocycles. The lowest BCUT2D eigenvalue weighted by Crippen LogP contribution is -2.57. The van der Waals surface area contributed by atoms with Crippen LogP contribution >= 0.6 is 0 Å². The standard InChI is InChI=1S/C22H27F3N2O3/c23-22(24,25)18-5-3-15(4-6-18)20(28)26-11-7-19-17(14-26)2-1-10-27(19)21(29)16-8-12-30-13-9-16/h3-6,16-17,19H,1-2,7-14H2/t17-,19+/m1/s1. The number of carbonyl (C=O) groups is 2. The van der Waals surface area contributed by atoms with Crippen LogP contribution in [0.4, 0.5) is 13.2 Å². The third kappa shape index (κ3) is 4.33. The van der Waals surface area contributed by atoms with E-state index in [1.54, 1.807) is 4.90 Å². The lowest BCUT2D eigenvalue weighted by Gasteiger charge is -2.48. The maximum absolute atomic E-state index is 13.1. The summed E-state index contributed by atoms with van der Waals surface area (Å²) >= 11 is 0. The second-order valence-electron chi connectivity index (χ2n) is 8.50.